The number of urea groups is 1. The first kappa shape index (κ1) is 16.5. The molecule has 0 bridgehead atoms. The quantitative estimate of drug-likeness (QED) is 0.680. The molecular formula is C14H24N2O4. The molecule has 0 aromatic carbocycles. The van der Waals surface area contributed by atoms with Gasteiger partial charge in [-0.15, -0.1) is 0 Å². The molecule has 0 aliphatic carbocycles. The maximum Gasteiger partial charge on any atom is 0.315 e. The highest BCUT2D eigenvalue weighted by Gasteiger charge is 2.24. The lowest BCUT2D eigenvalue weighted by molar-refractivity contribution is 0.0347. The zero-order chi connectivity index (χ0) is 15.0. The summed E-state index contributed by atoms with van der Waals surface area (Å²) in [6, 6.07) is 2.82. The topological polar surface area (TPSA) is 83.7 Å². The fraction of sp³-hybridized carbons (Fsp3) is 0.643. The van der Waals surface area contributed by atoms with Crippen molar-refractivity contribution < 1.29 is 19.1 Å². The predicted molar refractivity (Wildman–Crippen MR) is 75.4 cm³/mol. The third kappa shape index (κ3) is 4.86. The van der Waals surface area contributed by atoms with Crippen LogP contribution in [0.15, 0.2) is 22.8 Å². The Hall–Kier alpha value is -1.53. The molecule has 0 fully saturated rings. The van der Waals surface area contributed by atoms with Crippen LogP contribution in [0.2, 0.25) is 0 Å². The molecule has 1 aromatic rings. The molecule has 1 rings (SSSR count). The van der Waals surface area contributed by atoms with Gasteiger partial charge in [-0.05, 0) is 25.0 Å². The zero-order valence-electron chi connectivity index (χ0n) is 12.3. The Morgan fingerprint density at radius 3 is 2.70 bits per heavy atom. The molecule has 114 valence electrons. The van der Waals surface area contributed by atoms with Crippen molar-refractivity contribution in [2.24, 2.45) is 0 Å². The fourth-order valence-corrected chi connectivity index (χ4v) is 1.81. The van der Waals surface area contributed by atoms with Crippen molar-refractivity contribution in [1.29, 1.82) is 0 Å². The summed E-state index contributed by atoms with van der Waals surface area (Å²) >= 11 is 0. The fourth-order valence-electron chi connectivity index (χ4n) is 1.81. The number of methoxy groups -OCH3 is 1. The molecule has 0 aliphatic rings. The third-order valence-electron chi connectivity index (χ3n) is 3.42. The number of nitrogens with one attached hydrogen (secondary N) is 2. The van der Waals surface area contributed by atoms with Gasteiger partial charge in [0.1, 0.15) is 11.8 Å². The SMILES string of the molecule is CCC(O)(CC)CNC(=O)NC(COC)c1ccco1. The first-order valence-corrected chi connectivity index (χ1v) is 6.83. The smallest absolute Gasteiger partial charge is 0.315 e. The van der Waals surface area contributed by atoms with Crippen molar-refractivity contribution in [1.82, 2.24) is 10.6 Å². The van der Waals surface area contributed by atoms with Crippen LogP contribution in [0, 0.1) is 0 Å². The molecule has 2 amide bonds. The summed E-state index contributed by atoms with van der Waals surface area (Å²) < 4.78 is 10.3. The van der Waals surface area contributed by atoms with Crippen molar-refractivity contribution in [3.05, 3.63) is 24.2 Å². The Morgan fingerprint density at radius 1 is 1.50 bits per heavy atom. The van der Waals surface area contributed by atoms with Crippen LogP contribution < -0.4 is 10.6 Å². The highest BCUT2D eigenvalue weighted by atomic mass is 16.5. The minimum absolute atomic E-state index is 0.212. The van der Waals surface area contributed by atoms with Crippen LogP contribution in [-0.4, -0.2) is 37.0 Å². The molecular weight excluding hydrogens is 260 g/mol. The first-order valence-electron chi connectivity index (χ1n) is 6.83. The van der Waals surface area contributed by atoms with E-state index in [1.807, 2.05) is 13.8 Å². The van der Waals surface area contributed by atoms with E-state index >= 15 is 0 Å². The number of rotatable bonds is 8. The van der Waals surface area contributed by atoms with Crippen molar-refractivity contribution in [3.63, 3.8) is 0 Å². The number of ether oxygens (including phenoxy) is 1. The van der Waals surface area contributed by atoms with Gasteiger partial charge >= 0.3 is 6.03 Å². The molecule has 6 heteroatoms. The van der Waals surface area contributed by atoms with E-state index in [2.05, 4.69) is 10.6 Å². The van der Waals surface area contributed by atoms with Crippen LogP contribution in [0.4, 0.5) is 4.79 Å². The van der Waals surface area contributed by atoms with Gasteiger partial charge < -0.3 is 24.9 Å². The van der Waals surface area contributed by atoms with E-state index in [4.69, 9.17) is 9.15 Å². The Morgan fingerprint density at radius 2 is 2.20 bits per heavy atom. The second-order valence-electron chi connectivity index (χ2n) is 4.78. The number of amides is 2. The minimum Gasteiger partial charge on any atom is -0.467 e. The number of carbonyl (C=O) groups excluding carboxylic acids is 1. The number of furan rings is 1. The molecule has 0 saturated heterocycles. The van der Waals surface area contributed by atoms with Crippen LogP contribution in [-0.2, 0) is 4.74 Å². The normalized spacial score (nSPS) is 13.0. The van der Waals surface area contributed by atoms with Gasteiger partial charge in [0.05, 0.1) is 18.5 Å². The molecule has 20 heavy (non-hydrogen) atoms. The van der Waals surface area contributed by atoms with E-state index in [-0.39, 0.29) is 18.6 Å². The molecule has 0 aliphatic heterocycles. The summed E-state index contributed by atoms with van der Waals surface area (Å²) in [6.07, 6.45) is 2.72. The van der Waals surface area contributed by atoms with E-state index in [0.29, 0.717) is 25.2 Å². The molecule has 0 radical (unpaired) electrons. The molecule has 3 N–H and O–H groups in total. The molecule has 1 atom stereocenters. The van der Waals surface area contributed by atoms with Gasteiger partial charge in [-0.2, -0.15) is 0 Å². The van der Waals surface area contributed by atoms with Gasteiger partial charge in [0.2, 0.25) is 0 Å². The Balaban J connectivity index is 2.51. The van der Waals surface area contributed by atoms with Crippen LogP contribution in [0.5, 0.6) is 0 Å². The molecule has 1 unspecified atom stereocenters. The number of aliphatic hydroxyl groups is 1. The van der Waals surface area contributed by atoms with Crippen molar-refractivity contribution in [3.8, 4) is 0 Å². The molecule has 0 spiro atoms. The van der Waals surface area contributed by atoms with Crippen molar-refractivity contribution in [2.45, 2.75) is 38.3 Å². The van der Waals surface area contributed by atoms with Crippen LogP contribution in [0.1, 0.15) is 38.5 Å². The summed E-state index contributed by atoms with van der Waals surface area (Å²) in [6.45, 7) is 4.30. The Bertz CT molecular complexity index is 388. The lowest BCUT2D eigenvalue weighted by atomic mass is 9.98. The van der Waals surface area contributed by atoms with E-state index in [0.717, 1.165) is 0 Å². The maximum atomic E-state index is 11.9. The summed E-state index contributed by atoms with van der Waals surface area (Å²) in [5, 5.41) is 15.6. The zero-order valence-corrected chi connectivity index (χ0v) is 12.3. The molecule has 6 nitrogen and oxygen atoms in total. The second kappa shape index (κ2) is 7.91. The highest BCUT2D eigenvalue weighted by molar-refractivity contribution is 5.74. The van der Waals surface area contributed by atoms with Crippen LogP contribution in [0.25, 0.3) is 0 Å². The van der Waals surface area contributed by atoms with Crippen molar-refractivity contribution in [2.75, 3.05) is 20.3 Å². The summed E-state index contributed by atoms with van der Waals surface area (Å²) in [4.78, 5) is 11.9. The average Bonchev–Trinajstić information content (AvgIpc) is 2.98. The third-order valence-corrected chi connectivity index (χ3v) is 3.42. The summed E-state index contributed by atoms with van der Waals surface area (Å²) in [5.74, 6) is 0.628. The van der Waals surface area contributed by atoms with Crippen LogP contribution >= 0.6 is 0 Å². The first-order chi connectivity index (χ1) is 9.54. The monoisotopic (exact) mass is 284 g/mol. The lowest BCUT2D eigenvalue weighted by Gasteiger charge is -2.26. The van der Waals surface area contributed by atoms with Gasteiger partial charge in [-0.3, -0.25) is 0 Å². The van der Waals surface area contributed by atoms with Crippen LogP contribution in [0.3, 0.4) is 0 Å². The maximum absolute atomic E-state index is 11.9. The Kier molecular flexibility index (Phi) is 6.54. The van der Waals surface area contributed by atoms with Gasteiger partial charge in [-0.25, -0.2) is 4.79 Å². The second-order valence-corrected chi connectivity index (χ2v) is 4.78. The van der Waals surface area contributed by atoms with E-state index in [1.54, 1.807) is 25.5 Å². The summed E-state index contributed by atoms with van der Waals surface area (Å²) in [5.41, 5.74) is -0.862. The lowest BCUT2D eigenvalue weighted by Crippen LogP contribution is -2.47. The molecule has 0 saturated carbocycles. The predicted octanol–water partition coefficient (Wildman–Crippen LogP) is 1.82. The molecule has 1 aromatic heterocycles. The van der Waals surface area contributed by atoms with Crippen molar-refractivity contribution >= 4 is 6.03 Å². The van der Waals surface area contributed by atoms with E-state index in [9.17, 15) is 9.90 Å². The molecule has 1 heterocycles. The number of carbonyl (C=O) groups is 1. The van der Waals surface area contributed by atoms with E-state index < -0.39 is 5.60 Å². The van der Waals surface area contributed by atoms with Gasteiger partial charge in [-0.1, -0.05) is 13.8 Å². The minimum atomic E-state index is -0.862. The Labute approximate surface area is 119 Å². The summed E-state index contributed by atoms with van der Waals surface area (Å²) in [7, 11) is 1.56. The number of hydrogen-bond acceptors (Lipinski definition) is 4. The van der Waals surface area contributed by atoms with Gasteiger partial charge in [0, 0.05) is 13.7 Å². The average molecular weight is 284 g/mol. The number of hydrogen-bond donors (Lipinski definition) is 3. The highest BCUT2D eigenvalue weighted by Crippen LogP contribution is 2.14. The largest absolute Gasteiger partial charge is 0.467 e. The standard InChI is InChI=1S/C14H24N2O4/c1-4-14(18,5-2)10-15-13(17)16-11(9-19-3)12-7-6-8-20-12/h6-8,11,18H,4-5,9-10H2,1-3H3,(H2,15,16,17). The van der Waals surface area contributed by atoms with Gasteiger partial charge in [0.25, 0.3) is 0 Å². The van der Waals surface area contributed by atoms with E-state index in [1.165, 1.54) is 0 Å². The van der Waals surface area contributed by atoms with Gasteiger partial charge in [0.15, 0.2) is 0 Å².